The third kappa shape index (κ3) is 11.4. The molecule has 2 aromatic carbocycles. The number of alkyl halides is 3. The number of benzene rings is 2. The number of hydrogen-bond acceptors (Lipinski definition) is 3. The summed E-state index contributed by atoms with van der Waals surface area (Å²) in [5.41, 5.74) is 0. The highest BCUT2D eigenvalue weighted by molar-refractivity contribution is 7.85. The van der Waals surface area contributed by atoms with Crippen LogP contribution in [0.3, 0.4) is 0 Å². The summed E-state index contributed by atoms with van der Waals surface area (Å²) in [6.07, 6.45) is -6.27. The van der Waals surface area contributed by atoms with Crippen molar-refractivity contribution in [3.05, 3.63) is 67.8 Å². The molecule has 0 fully saturated rings. The second kappa shape index (κ2) is 10.00. The van der Waals surface area contributed by atoms with Crippen LogP contribution in [-0.4, -0.2) is 24.9 Å². The zero-order chi connectivity index (χ0) is 18.1. The predicted molar refractivity (Wildman–Crippen MR) is 80.1 cm³/mol. The van der Waals surface area contributed by atoms with Crippen molar-refractivity contribution >= 4 is 10.1 Å². The topological polar surface area (TPSA) is 57.2 Å². The van der Waals surface area contributed by atoms with Gasteiger partial charge >= 0.3 is 27.4 Å². The molecule has 0 aliphatic heterocycles. The predicted octanol–water partition coefficient (Wildman–Crippen LogP) is 0.689. The van der Waals surface area contributed by atoms with Gasteiger partial charge in [0.1, 0.15) is 0 Å². The minimum atomic E-state index is -4.50. The Morgan fingerprint density at radius 1 is 0.875 bits per heavy atom. The molecule has 0 amide bonds. The molecule has 0 aliphatic carbocycles. The molecule has 2 aromatic rings. The van der Waals surface area contributed by atoms with E-state index < -0.39 is 34.9 Å². The lowest BCUT2D eigenvalue weighted by Crippen LogP contribution is -3.61. The second-order valence-corrected chi connectivity index (χ2v) is 9.22. The van der Waals surface area contributed by atoms with E-state index in [0.29, 0.717) is 0 Å². The van der Waals surface area contributed by atoms with E-state index in [2.05, 4.69) is 60.7 Å². The van der Waals surface area contributed by atoms with Crippen molar-refractivity contribution < 1.29 is 47.3 Å². The van der Waals surface area contributed by atoms with Gasteiger partial charge in [0.05, 0.1) is 10.1 Å². The van der Waals surface area contributed by atoms with Crippen LogP contribution in [0, 0.1) is 7.14 Å². The summed E-state index contributed by atoms with van der Waals surface area (Å²) < 4.78 is 66.3. The van der Waals surface area contributed by atoms with Crippen LogP contribution in [0.4, 0.5) is 13.2 Å². The maximum atomic E-state index is 11.3. The minimum absolute atomic E-state index is 0.0287. The van der Waals surface area contributed by atoms with E-state index in [0.717, 1.165) is 0 Å². The van der Waals surface area contributed by atoms with Crippen LogP contribution in [0.15, 0.2) is 60.7 Å². The molecular formula is C16H16F3IO3S. The molecule has 0 heterocycles. The molecule has 24 heavy (non-hydrogen) atoms. The van der Waals surface area contributed by atoms with Crippen molar-refractivity contribution in [1.29, 1.82) is 0 Å². The Kier molecular flexibility index (Phi) is 8.71. The summed E-state index contributed by atoms with van der Waals surface area (Å²) in [4.78, 5) is 0. The first kappa shape index (κ1) is 20.9. The van der Waals surface area contributed by atoms with E-state index in [1.54, 1.807) is 0 Å². The summed E-state index contributed by atoms with van der Waals surface area (Å²) in [5, 5.41) is 0. The lowest BCUT2D eigenvalue weighted by molar-refractivity contribution is -0.597. The highest BCUT2D eigenvalue weighted by Gasteiger charge is 2.26. The van der Waals surface area contributed by atoms with Gasteiger partial charge in [-0.3, -0.25) is 0 Å². The van der Waals surface area contributed by atoms with Crippen LogP contribution in [0.2, 0.25) is 0 Å². The molecule has 0 atom stereocenters. The van der Waals surface area contributed by atoms with Crippen molar-refractivity contribution in [3.8, 4) is 0 Å². The van der Waals surface area contributed by atoms with Gasteiger partial charge in [-0.15, -0.1) is 0 Å². The largest absolute Gasteiger partial charge is 0.748 e. The van der Waals surface area contributed by atoms with E-state index >= 15 is 0 Å². The first-order chi connectivity index (χ1) is 11.2. The SMILES string of the molecule is O=S(=O)([O-])CCCC(F)(F)F.c1ccc([I+]c2ccccc2)cc1. The van der Waals surface area contributed by atoms with Gasteiger partial charge in [-0.2, -0.15) is 13.2 Å². The van der Waals surface area contributed by atoms with Crippen molar-refractivity contribution in [1.82, 2.24) is 0 Å². The van der Waals surface area contributed by atoms with Crippen LogP contribution < -0.4 is 21.2 Å². The lowest BCUT2D eigenvalue weighted by atomic mass is 10.3. The second-order valence-electron chi connectivity index (χ2n) is 4.67. The normalized spacial score (nSPS) is 11.5. The first-order valence-corrected chi connectivity index (χ1v) is 10.6. The molecule has 8 heteroatoms. The van der Waals surface area contributed by atoms with Gasteiger partial charge in [-0.05, 0) is 30.7 Å². The van der Waals surface area contributed by atoms with Gasteiger partial charge in [0.2, 0.25) is 0 Å². The van der Waals surface area contributed by atoms with Gasteiger partial charge in [-0.25, -0.2) is 8.42 Å². The molecule has 2 rings (SSSR count). The fraction of sp³-hybridized carbons (Fsp3) is 0.250. The Morgan fingerprint density at radius 3 is 1.62 bits per heavy atom. The van der Waals surface area contributed by atoms with Crippen molar-refractivity contribution in [2.45, 2.75) is 19.0 Å². The smallest absolute Gasteiger partial charge is 0.389 e. The van der Waals surface area contributed by atoms with E-state index in [1.807, 2.05) is 0 Å². The Balaban J connectivity index is 0.000000245. The maximum absolute atomic E-state index is 11.3. The van der Waals surface area contributed by atoms with Gasteiger partial charge < -0.3 is 4.55 Å². The highest BCUT2D eigenvalue weighted by atomic mass is 127. The summed E-state index contributed by atoms with van der Waals surface area (Å²) in [7, 11) is -4.50. The highest BCUT2D eigenvalue weighted by Crippen LogP contribution is 2.21. The van der Waals surface area contributed by atoms with Gasteiger partial charge in [0, 0.05) is 12.2 Å². The Bertz CT molecular complexity index is 652. The average molecular weight is 472 g/mol. The van der Waals surface area contributed by atoms with Crippen LogP contribution in [-0.2, 0) is 10.1 Å². The van der Waals surface area contributed by atoms with E-state index in [4.69, 9.17) is 0 Å². The summed E-state index contributed by atoms with van der Waals surface area (Å²) >= 11 is 0.0287. The molecule has 0 N–H and O–H groups in total. The van der Waals surface area contributed by atoms with E-state index in [9.17, 15) is 26.1 Å². The molecule has 0 aliphatic rings. The maximum Gasteiger partial charge on any atom is 0.389 e. The summed E-state index contributed by atoms with van der Waals surface area (Å²) in [6.45, 7) is 0. The molecule has 0 saturated carbocycles. The first-order valence-electron chi connectivity index (χ1n) is 6.91. The lowest BCUT2D eigenvalue weighted by Gasteiger charge is -2.07. The van der Waals surface area contributed by atoms with Crippen molar-refractivity contribution in [3.63, 3.8) is 0 Å². The Labute approximate surface area is 149 Å². The van der Waals surface area contributed by atoms with Crippen LogP contribution in [0.25, 0.3) is 0 Å². The van der Waals surface area contributed by atoms with Gasteiger partial charge in [0.25, 0.3) is 0 Å². The zero-order valence-corrected chi connectivity index (χ0v) is 15.5. The molecule has 0 bridgehead atoms. The Morgan fingerprint density at radius 2 is 1.29 bits per heavy atom. The zero-order valence-electron chi connectivity index (χ0n) is 12.5. The van der Waals surface area contributed by atoms with Crippen molar-refractivity contribution in [2.75, 3.05) is 5.75 Å². The third-order valence-corrected chi connectivity index (χ3v) is 6.01. The van der Waals surface area contributed by atoms with Crippen LogP contribution >= 0.6 is 0 Å². The molecule has 3 nitrogen and oxygen atoms in total. The third-order valence-electron chi connectivity index (χ3n) is 2.54. The standard InChI is InChI=1S/C12H10I.C4H7F3O3S/c1-3-7-11(8-4-1)13-12-9-5-2-6-10-12;5-4(6,7)2-1-3-11(8,9)10/h1-10H;1-3H2,(H,8,9,10)/q+1;/p-1. The summed E-state index contributed by atoms with van der Waals surface area (Å²) in [5.74, 6) is -0.952. The number of hydrogen-bond donors (Lipinski definition) is 0. The van der Waals surface area contributed by atoms with E-state index in [1.165, 1.54) is 7.14 Å². The molecule has 0 spiro atoms. The fourth-order valence-electron chi connectivity index (χ4n) is 1.53. The number of rotatable bonds is 5. The number of halogens is 4. The van der Waals surface area contributed by atoms with Crippen LogP contribution in [0.1, 0.15) is 12.8 Å². The minimum Gasteiger partial charge on any atom is -0.748 e. The van der Waals surface area contributed by atoms with Gasteiger partial charge in [0.15, 0.2) is 7.14 Å². The molecule has 132 valence electrons. The van der Waals surface area contributed by atoms with Crippen molar-refractivity contribution in [2.24, 2.45) is 0 Å². The molecule has 0 radical (unpaired) electrons. The molecule has 0 aromatic heterocycles. The van der Waals surface area contributed by atoms with Gasteiger partial charge in [-0.1, -0.05) is 36.4 Å². The van der Waals surface area contributed by atoms with Crippen LogP contribution in [0.5, 0.6) is 0 Å². The Hall–Kier alpha value is -1.13. The quantitative estimate of drug-likeness (QED) is 0.476. The van der Waals surface area contributed by atoms with E-state index in [-0.39, 0.29) is 21.2 Å². The fourth-order valence-corrected chi connectivity index (χ4v) is 4.30. The average Bonchev–Trinajstić information content (AvgIpc) is 2.47. The molecular weight excluding hydrogens is 456 g/mol. The monoisotopic (exact) mass is 472 g/mol. The molecule has 0 unspecified atom stereocenters. The molecule has 0 saturated heterocycles. The summed E-state index contributed by atoms with van der Waals surface area (Å²) in [6, 6.07) is 21.4.